The van der Waals surface area contributed by atoms with E-state index in [4.69, 9.17) is 10.8 Å². The van der Waals surface area contributed by atoms with Crippen LogP contribution in [0.5, 0.6) is 0 Å². The summed E-state index contributed by atoms with van der Waals surface area (Å²) >= 11 is 0. The average molecular weight is 324 g/mol. The minimum atomic E-state index is -1.41. The minimum absolute atomic E-state index is 0.175. The zero-order valence-corrected chi connectivity index (χ0v) is 12.2. The summed E-state index contributed by atoms with van der Waals surface area (Å²) in [5, 5.41) is 24.4. The summed E-state index contributed by atoms with van der Waals surface area (Å²) in [4.78, 5) is 43.5. The molecule has 0 aromatic heterocycles. The normalized spacial score (nSPS) is 12.8. The third kappa shape index (κ3) is 5.36. The molecule has 124 valence electrons. The number of benzene rings is 1. The maximum Gasteiger partial charge on any atom is 0.305 e. The van der Waals surface area contributed by atoms with Gasteiger partial charge in [-0.05, 0) is 19.1 Å². The van der Waals surface area contributed by atoms with Crippen molar-refractivity contribution >= 4 is 29.5 Å². The molecule has 1 rings (SSSR count). The Hall–Kier alpha value is -3.01. The van der Waals surface area contributed by atoms with E-state index in [0.29, 0.717) is 6.29 Å². The molecule has 23 heavy (non-hydrogen) atoms. The molecular formula is C13H16N4O6. The molecule has 0 heterocycles. The summed E-state index contributed by atoms with van der Waals surface area (Å²) in [5.41, 5.74) is 3.71. The fourth-order valence-corrected chi connectivity index (χ4v) is 1.67. The molecule has 0 bridgehead atoms. The number of nitro benzene ring substituents is 1. The lowest BCUT2D eigenvalue weighted by molar-refractivity contribution is -0.385. The zero-order valence-electron chi connectivity index (χ0n) is 12.2. The summed E-state index contributed by atoms with van der Waals surface area (Å²) in [6.45, 7) is 1.21. The number of carbonyl (C=O) groups excluding carboxylic acids is 2. The molecule has 0 aliphatic heterocycles. The Morgan fingerprint density at radius 3 is 2.65 bits per heavy atom. The standard InChI is InChI=1S/C13H16N4O6/c1-13(14,7-18)16-8-2-3-10(17(22)23)9(6-8)12(21)15-5-4-11(19)20/h2-3,6-7,16H,4-5,14H2,1H3,(H,15,21)(H,19,20)/t13-/m0/s1. The SMILES string of the molecule is C[C@@](N)(C=O)Nc1ccc([N+](=O)[O-])c(C(=O)NCCC(=O)O)c1. The van der Waals surface area contributed by atoms with Crippen molar-refractivity contribution < 1.29 is 24.4 Å². The van der Waals surface area contributed by atoms with Gasteiger partial charge in [0.1, 0.15) is 11.2 Å². The number of nitrogens with one attached hydrogen (secondary N) is 2. The van der Waals surface area contributed by atoms with E-state index < -0.39 is 28.2 Å². The Morgan fingerprint density at radius 1 is 1.48 bits per heavy atom. The molecule has 0 radical (unpaired) electrons. The molecule has 1 atom stereocenters. The number of carbonyl (C=O) groups is 3. The van der Waals surface area contributed by atoms with Crippen molar-refractivity contribution in [2.45, 2.75) is 19.0 Å². The van der Waals surface area contributed by atoms with Crippen molar-refractivity contribution in [3.8, 4) is 0 Å². The number of rotatable bonds is 8. The van der Waals surface area contributed by atoms with E-state index in [0.717, 1.165) is 6.07 Å². The lowest BCUT2D eigenvalue weighted by Crippen LogP contribution is -2.46. The van der Waals surface area contributed by atoms with Gasteiger partial charge in [-0.15, -0.1) is 0 Å². The zero-order chi connectivity index (χ0) is 17.6. The number of anilines is 1. The summed E-state index contributed by atoms with van der Waals surface area (Å²) < 4.78 is 0. The third-order valence-corrected chi connectivity index (χ3v) is 2.72. The number of carboxylic acid groups (broad SMARTS) is 1. The number of nitrogens with two attached hydrogens (primary N) is 1. The van der Waals surface area contributed by atoms with Crippen molar-refractivity contribution in [3.63, 3.8) is 0 Å². The smallest absolute Gasteiger partial charge is 0.305 e. The summed E-state index contributed by atoms with van der Waals surface area (Å²) in [6.07, 6.45) is 0.129. The van der Waals surface area contributed by atoms with Gasteiger partial charge in [-0.3, -0.25) is 24.5 Å². The molecule has 10 nitrogen and oxygen atoms in total. The van der Waals surface area contributed by atoms with E-state index in [1.165, 1.54) is 19.1 Å². The first-order chi connectivity index (χ1) is 10.7. The van der Waals surface area contributed by atoms with Gasteiger partial charge in [-0.1, -0.05) is 0 Å². The Balaban J connectivity index is 3.05. The first kappa shape index (κ1) is 18.0. The molecule has 0 saturated carbocycles. The molecule has 0 saturated heterocycles. The fourth-order valence-electron chi connectivity index (χ4n) is 1.67. The second kappa shape index (κ2) is 7.31. The first-order valence-corrected chi connectivity index (χ1v) is 6.48. The van der Waals surface area contributed by atoms with Gasteiger partial charge < -0.3 is 21.5 Å². The van der Waals surface area contributed by atoms with Gasteiger partial charge in [0.15, 0.2) is 6.29 Å². The van der Waals surface area contributed by atoms with Crippen LogP contribution in [0, 0.1) is 10.1 Å². The molecular weight excluding hydrogens is 308 g/mol. The summed E-state index contributed by atoms with van der Waals surface area (Å²) in [7, 11) is 0. The van der Waals surface area contributed by atoms with Gasteiger partial charge in [0.2, 0.25) is 0 Å². The van der Waals surface area contributed by atoms with Crippen LogP contribution in [0.15, 0.2) is 18.2 Å². The number of hydrogen-bond donors (Lipinski definition) is 4. The van der Waals surface area contributed by atoms with Crippen LogP contribution in [0.25, 0.3) is 0 Å². The Bertz CT molecular complexity index is 643. The lowest BCUT2D eigenvalue weighted by atomic mass is 10.1. The number of amides is 1. The number of nitro groups is 1. The van der Waals surface area contributed by atoms with E-state index in [-0.39, 0.29) is 24.2 Å². The third-order valence-electron chi connectivity index (χ3n) is 2.72. The average Bonchev–Trinajstić information content (AvgIpc) is 2.46. The van der Waals surface area contributed by atoms with Gasteiger partial charge in [0.05, 0.1) is 11.3 Å². The van der Waals surface area contributed by atoms with E-state index in [9.17, 15) is 24.5 Å². The Kier molecular flexibility index (Phi) is 5.74. The van der Waals surface area contributed by atoms with Gasteiger partial charge in [-0.25, -0.2) is 0 Å². The Morgan fingerprint density at radius 2 is 2.13 bits per heavy atom. The van der Waals surface area contributed by atoms with Crippen LogP contribution in [0.3, 0.4) is 0 Å². The number of hydrogen-bond acceptors (Lipinski definition) is 7. The van der Waals surface area contributed by atoms with Crippen LogP contribution >= 0.6 is 0 Å². The van der Waals surface area contributed by atoms with Crippen LogP contribution in [-0.2, 0) is 9.59 Å². The maximum absolute atomic E-state index is 12.0. The number of carboxylic acids is 1. The van der Waals surface area contributed by atoms with Gasteiger partial charge in [0, 0.05) is 18.3 Å². The number of nitrogens with zero attached hydrogens (tertiary/aromatic N) is 1. The molecule has 0 aliphatic rings. The highest BCUT2D eigenvalue weighted by Gasteiger charge is 2.23. The first-order valence-electron chi connectivity index (χ1n) is 6.48. The highest BCUT2D eigenvalue weighted by atomic mass is 16.6. The predicted molar refractivity (Wildman–Crippen MR) is 80.0 cm³/mol. The number of aldehydes is 1. The highest BCUT2D eigenvalue weighted by molar-refractivity contribution is 5.99. The van der Waals surface area contributed by atoms with Crippen molar-refractivity contribution in [1.29, 1.82) is 0 Å². The van der Waals surface area contributed by atoms with E-state index in [1.54, 1.807) is 0 Å². The van der Waals surface area contributed by atoms with Crippen LogP contribution < -0.4 is 16.4 Å². The van der Waals surface area contributed by atoms with Crippen LogP contribution in [0.1, 0.15) is 23.7 Å². The maximum atomic E-state index is 12.0. The highest BCUT2D eigenvalue weighted by Crippen LogP contribution is 2.23. The Labute approximate surface area is 130 Å². The molecule has 10 heteroatoms. The molecule has 0 aliphatic carbocycles. The molecule has 0 unspecified atom stereocenters. The van der Waals surface area contributed by atoms with Gasteiger partial charge in [-0.2, -0.15) is 0 Å². The predicted octanol–water partition coefficient (Wildman–Crippen LogP) is 0.0850. The van der Waals surface area contributed by atoms with Gasteiger partial charge >= 0.3 is 5.97 Å². The van der Waals surface area contributed by atoms with Gasteiger partial charge in [0.25, 0.3) is 11.6 Å². The molecule has 0 spiro atoms. The second-order valence-corrected chi connectivity index (χ2v) is 4.91. The molecule has 5 N–H and O–H groups in total. The number of aliphatic carboxylic acids is 1. The quantitative estimate of drug-likeness (QED) is 0.226. The summed E-state index contributed by atoms with van der Waals surface area (Å²) in [6, 6.07) is 3.57. The van der Waals surface area contributed by atoms with Crippen LogP contribution in [0.2, 0.25) is 0 Å². The molecule has 0 fully saturated rings. The second-order valence-electron chi connectivity index (χ2n) is 4.91. The fraction of sp³-hybridized carbons (Fsp3) is 0.308. The van der Waals surface area contributed by atoms with Crippen molar-refractivity contribution in [3.05, 3.63) is 33.9 Å². The largest absolute Gasteiger partial charge is 0.481 e. The van der Waals surface area contributed by atoms with Crippen LogP contribution in [0.4, 0.5) is 11.4 Å². The lowest BCUT2D eigenvalue weighted by Gasteiger charge is -2.20. The topological polar surface area (TPSA) is 165 Å². The van der Waals surface area contributed by atoms with E-state index in [2.05, 4.69) is 10.6 Å². The van der Waals surface area contributed by atoms with E-state index in [1.807, 2.05) is 0 Å². The molecule has 1 amide bonds. The van der Waals surface area contributed by atoms with E-state index >= 15 is 0 Å². The van der Waals surface area contributed by atoms with Crippen molar-refractivity contribution in [1.82, 2.24) is 5.32 Å². The van der Waals surface area contributed by atoms with Crippen molar-refractivity contribution in [2.24, 2.45) is 5.73 Å². The van der Waals surface area contributed by atoms with Crippen LogP contribution in [-0.4, -0.2) is 40.4 Å². The minimum Gasteiger partial charge on any atom is -0.481 e. The molecule has 1 aromatic carbocycles. The molecule has 1 aromatic rings. The summed E-state index contributed by atoms with van der Waals surface area (Å²) in [5.74, 6) is -1.91. The van der Waals surface area contributed by atoms with Crippen molar-refractivity contribution in [2.75, 3.05) is 11.9 Å². The monoisotopic (exact) mass is 324 g/mol.